The van der Waals surface area contributed by atoms with E-state index in [0.29, 0.717) is 4.57 Å². The first-order chi connectivity index (χ1) is 9.28. The molecule has 3 N–H and O–H groups in total. The van der Waals surface area contributed by atoms with Crippen molar-refractivity contribution >= 4 is 20.4 Å². The van der Waals surface area contributed by atoms with Gasteiger partial charge in [0.05, 0.1) is 24.7 Å². The third-order valence-electron chi connectivity index (χ3n) is 3.00. The summed E-state index contributed by atoms with van der Waals surface area (Å²) in [4.78, 5) is 25.2. The predicted octanol–water partition coefficient (Wildman–Crippen LogP) is -0.376. The number of alkyl halides is 1. The predicted molar refractivity (Wildman–Crippen MR) is 70.9 cm³/mol. The van der Waals surface area contributed by atoms with Crippen molar-refractivity contribution in [2.75, 3.05) is 6.61 Å². The number of halogens is 2. The zero-order valence-corrected chi connectivity index (χ0v) is 11.8. The summed E-state index contributed by atoms with van der Waals surface area (Å²) in [6, 6.07) is 0. The zero-order valence-electron chi connectivity index (χ0n) is 10.2. The molecule has 110 valence electrons. The van der Waals surface area contributed by atoms with E-state index in [9.17, 15) is 19.1 Å². The van der Waals surface area contributed by atoms with Crippen LogP contribution in [0.25, 0.3) is 4.48 Å². The lowest BCUT2D eigenvalue weighted by Gasteiger charge is -2.22. The lowest BCUT2D eigenvalue weighted by atomic mass is 10.2. The van der Waals surface area contributed by atoms with Crippen LogP contribution in [0.2, 0.25) is 0 Å². The quantitative estimate of drug-likeness (QED) is 0.689. The van der Waals surface area contributed by atoms with E-state index in [4.69, 9.17) is 9.84 Å². The van der Waals surface area contributed by atoms with Gasteiger partial charge in [-0.2, -0.15) is 4.39 Å². The molecule has 0 aliphatic carbocycles. The highest BCUT2D eigenvalue weighted by atomic mass is 79.9. The number of ether oxygens (including phenoxy) is 1. The Morgan fingerprint density at radius 3 is 2.85 bits per heavy atom. The summed E-state index contributed by atoms with van der Waals surface area (Å²) >= 11 is 2.97. The number of hydrogen-bond donors (Lipinski definition) is 3. The van der Waals surface area contributed by atoms with Gasteiger partial charge in [-0.3, -0.25) is 9.78 Å². The molecule has 0 amide bonds. The largest absolute Gasteiger partial charge is 0.394 e. The summed E-state index contributed by atoms with van der Waals surface area (Å²) in [6.07, 6.45) is -2.00. The fourth-order valence-corrected chi connectivity index (χ4v) is 2.26. The fraction of sp³-hybridized carbons (Fsp3) is 0.455. The van der Waals surface area contributed by atoms with Crippen LogP contribution in [0.15, 0.2) is 22.4 Å². The smallest absolute Gasteiger partial charge is 0.332 e. The van der Waals surface area contributed by atoms with Crippen LogP contribution in [0, 0.1) is 0 Å². The molecule has 0 aromatic carbocycles. The zero-order chi connectivity index (χ0) is 15.1. The van der Waals surface area contributed by atoms with Crippen molar-refractivity contribution < 1.29 is 19.3 Å². The minimum absolute atomic E-state index is 0.0489. The average Bonchev–Trinajstić information content (AvgIpc) is 2.64. The summed E-state index contributed by atoms with van der Waals surface area (Å²) in [6.45, 7) is 2.89. The molecule has 3 atom stereocenters. The van der Waals surface area contributed by atoms with Gasteiger partial charge >= 0.3 is 5.69 Å². The molecule has 1 aromatic rings. The van der Waals surface area contributed by atoms with Gasteiger partial charge < -0.3 is 14.9 Å². The Labute approximate surface area is 120 Å². The van der Waals surface area contributed by atoms with Gasteiger partial charge in [0.25, 0.3) is 11.5 Å². The maximum Gasteiger partial charge on any atom is 0.332 e. The summed E-state index contributed by atoms with van der Waals surface area (Å²) < 4.78 is 20.2. The molecule has 1 saturated heterocycles. The number of nitrogens with one attached hydrogen (secondary N) is 1. The number of H-pyrrole nitrogens is 1. The average molecular weight is 351 g/mol. The van der Waals surface area contributed by atoms with E-state index < -0.39 is 42.5 Å². The second-order valence-electron chi connectivity index (χ2n) is 4.38. The Bertz CT molecular complexity index is 657. The molecule has 1 fully saturated rings. The van der Waals surface area contributed by atoms with Crippen molar-refractivity contribution in [1.29, 1.82) is 0 Å². The molecule has 1 aliphatic rings. The SMILES string of the molecule is C=C(Br)c1cn([C@@]2(F)C[C@H](O)[C@@H](CO)O2)c(=O)[nH]c1=O. The minimum atomic E-state index is -2.65. The molecular formula is C11H12BrFN2O5. The number of rotatable bonds is 3. The van der Waals surface area contributed by atoms with Gasteiger partial charge in [0.15, 0.2) is 0 Å². The molecule has 1 aromatic heterocycles. The monoisotopic (exact) mass is 350 g/mol. The van der Waals surface area contributed by atoms with Gasteiger partial charge in [-0.1, -0.05) is 22.5 Å². The highest BCUT2D eigenvalue weighted by molar-refractivity contribution is 9.15. The maximum absolute atomic E-state index is 14.7. The third kappa shape index (κ3) is 2.49. The molecular weight excluding hydrogens is 339 g/mol. The fourth-order valence-electron chi connectivity index (χ4n) is 1.97. The van der Waals surface area contributed by atoms with Crippen LogP contribution in [0.3, 0.4) is 0 Å². The molecule has 0 saturated carbocycles. The lowest BCUT2D eigenvalue weighted by molar-refractivity contribution is -0.205. The normalized spacial score (nSPS) is 29.6. The Morgan fingerprint density at radius 2 is 2.35 bits per heavy atom. The Morgan fingerprint density at radius 1 is 1.70 bits per heavy atom. The van der Waals surface area contributed by atoms with Crippen molar-refractivity contribution in [3.8, 4) is 0 Å². The Balaban J connectivity index is 2.53. The molecule has 0 unspecified atom stereocenters. The van der Waals surface area contributed by atoms with Crippen molar-refractivity contribution in [1.82, 2.24) is 9.55 Å². The highest BCUT2D eigenvalue weighted by Gasteiger charge is 2.48. The lowest BCUT2D eigenvalue weighted by Crippen LogP contribution is -2.42. The second kappa shape index (κ2) is 5.24. The van der Waals surface area contributed by atoms with E-state index in [1.54, 1.807) is 0 Å². The molecule has 0 bridgehead atoms. The molecule has 2 rings (SSSR count). The Kier molecular flexibility index (Phi) is 3.96. The van der Waals surface area contributed by atoms with Crippen LogP contribution >= 0.6 is 15.9 Å². The Hall–Kier alpha value is -1.29. The molecule has 0 spiro atoms. The van der Waals surface area contributed by atoms with Gasteiger partial charge in [0.2, 0.25) is 0 Å². The number of aliphatic hydroxyl groups excluding tert-OH is 2. The minimum Gasteiger partial charge on any atom is -0.394 e. The van der Waals surface area contributed by atoms with Crippen LogP contribution < -0.4 is 11.2 Å². The topological polar surface area (TPSA) is 105 Å². The second-order valence-corrected chi connectivity index (χ2v) is 5.33. The van der Waals surface area contributed by atoms with Crippen molar-refractivity contribution in [2.24, 2.45) is 0 Å². The van der Waals surface area contributed by atoms with Gasteiger partial charge in [0.1, 0.15) is 6.10 Å². The first-order valence-electron chi connectivity index (χ1n) is 5.65. The van der Waals surface area contributed by atoms with Crippen molar-refractivity contribution in [2.45, 2.75) is 24.6 Å². The van der Waals surface area contributed by atoms with E-state index in [2.05, 4.69) is 22.5 Å². The first-order valence-corrected chi connectivity index (χ1v) is 6.44. The van der Waals surface area contributed by atoms with Crippen molar-refractivity contribution in [3.63, 3.8) is 0 Å². The highest BCUT2D eigenvalue weighted by Crippen LogP contribution is 2.35. The summed E-state index contributed by atoms with van der Waals surface area (Å²) in [7, 11) is 0. The van der Waals surface area contributed by atoms with Gasteiger partial charge in [-0.25, -0.2) is 9.36 Å². The molecule has 2 heterocycles. The van der Waals surface area contributed by atoms with Gasteiger partial charge in [-0.15, -0.1) is 0 Å². The number of aromatic nitrogens is 2. The van der Waals surface area contributed by atoms with E-state index in [-0.39, 0.29) is 10.0 Å². The summed E-state index contributed by atoms with van der Waals surface area (Å²) in [5.41, 5.74) is -1.80. The van der Waals surface area contributed by atoms with E-state index in [1.807, 2.05) is 4.98 Å². The first kappa shape index (κ1) is 15.1. The molecule has 7 nitrogen and oxygen atoms in total. The molecule has 20 heavy (non-hydrogen) atoms. The summed E-state index contributed by atoms with van der Waals surface area (Å²) in [5, 5.41) is 18.5. The van der Waals surface area contributed by atoms with Crippen molar-refractivity contribution in [3.05, 3.63) is 39.2 Å². The van der Waals surface area contributed by atoms with Crippen LogP contribution in [0.1, 0.15) is 12.0 Å². The van der Waals surface area contributed by atoms with Gasteiger partial charge in [0, 0.05) is 10.7 Å². The van der Waals surface area contributed by atoms with E-state index >= 15 is 0 Å². The van der Waals surface area contributed by atoms with Crippen LogP contribution in [-0.4, -0.2) is 38.6 Å². The molecule has 1 aliphatic heterocycles. The molecule has 0 radical (unpaired) electrons. The van der Waals surface area contributed by atoms with Crippen LogP contribution in [0.5, 0.6) is 0 Å². The van der Waals surface area contributed by atoms with Crippen LogP contribution in [-0.2, 0) is 10.7 Å². The number of aromatic amines is 1. The third-order valence-corrected chi connectivity index (χ3v) is 3.42. The molecule has 9 heteroatoms. The maximum atomic E-state index is 14.7. The standard InChI is InChI=1S/C11H12BrFN2O5/c1-5(12)6-3-15(10(19)14-9(6)18)11(13)2-7(17)8(4-16)20-11/h3,7-8,16-17H,1-2,4H2,(H,14,18,19)/t7-,8+,11-/m0/s1. The van der Waals surface area contributed by atoms with E-state index in [1.165, 1.54) is 0 Å². The number of hydrogen-bond acceptors (Lipinski definition) is 5. The summed E-state index contributed by atoms with van der Waals surface area (Å²) in [5.74, 6) is -2.65. The number of nitrogens with zero attached hydrogens (tertiary/aromatic N) is 1. The van der Waals surface area contributed by atoms with Gasteiger partial charge in [-0.05, 0) is 0 Å². The number of aliphatic hydroxyl groups is 2. The van der Waals surface area contributed by atoms with Crippen LogP contribution in [0.4, 0.5) is 4.39 Å². The van der Waals surface area contributed by atoms with E-state index in [0.717, 1.165) is 6.20 Å².